The van der Waals surface area contributed by atoms with Crippen LogP contribution >= 0.6 is 0 Å². The summed E-state index contributed by atoms with van der Waals surface area (Å²) in [6.07, 6.45) is 0.814. The molecule has 1 aliphatic heterocycles. The van der Waals surface area contributed by atoms with Gasteiger partial charge in [-0.25, -0.2) is 4.39 Å². The Hall–Kier alpha value is -2.70. The van der Waals surface area contributed by atoms with E-state index in [1.165, 1.54) is 12.1 Å². The second kappa shape index (κ2) is 7.04. The number of amides is 2. The lowest BCUT2D eigenvalue weighted by molar-refractivity contribution is 0.0681. The fraction of sp³-hybridized carbons (Fsp3) is 0.389. The molecule has 0 aliphatic carbocycles. The van der Waals surface area contributed by atoms with Gasteiger partial charge < -0.3 is 10.2 Å². The van der Waals surface area contributed by atoms with Crippen LogP contribution in [0.5, 0.6) is 0 Å². The molecule has 1 atom stereocenters. The Balaban J connectivity index is 1.77. The van der Waals surface area contributed by atoms with E-state index in [4.69, 9.17) is 0 Å². The van der Waals surface area contributed by atoms with Crippen molar-refractivity contribution in [2.75, 3.05) is 6.54 Å². The van der Waals surface area contributed by atoms with Gasteiger partial charge in [0.2, 0.25) is 0 Å². The highest BCUT2D eigenvalue weighted by molar-refractivity contribution is 5.98. The van der Waals surface area contributed by atoms with Crippen LogP contribution < -0.4 is 5.32 Å². The molecule has 0 saturated heterocycles. The van der Waals surface area contributed by atoms with Crippen LogP contribution in [0.25, 0.3) is 0 Å². The van der Waals surface area contributed by atoms with E-state index in [0.717, 1.165) is 6.42 Å². The van der Waals surface area contributed by atoms with Crippen molar-refractivity contribution >= 4 is 11.8 Å². The van der Waals surface area contributed by atoms with Crippen LogP contribution in [-0.4, -0.2) is 39.1 Å². The topological polar surface area (TPSA) is 67.2 Å². The van der Waals surface area contributed by atoms with Crippen LogP contribution in [-0.2, 0) is 13.1 Å². The van der Waals surface area contributed by atoms with Gasteiger partial charge in [-0.15, -0.1) is 0 Å². The van der Waals surface area contributed by atoms with Crippen molar-refractivity contribution in [3.05, 3.63) is 53.1 Å². The molecular formula is C18H21FN4O2. The number of hydrogen-bond donors (Lipinski definition) is 1. The summed E-state index contributed by atoms with van der Waals surface area (Å²) in [6, 6.07) is 7.96. The molecule has 0 saturated carbocycles. The number of carbonyl (C=O) groups is 2. The average molecular weight is 344 g/mol. The zero-order valence-corrected chi connectivity index (χ0v) is 14.3. The van der Waals surface area contributed by atoms with Crippen LogP contribution in [0.2, 0.25) is 0 Å². The first kappa shape index (κ1) is 17.1. The molecule has 0 spiro atoms. The molecular weight excluding hydrogens is 323 g/mol. The number of carbonyl (C=O) groups excluding carboxylic acids is 2. The van der Waals surface area contributed by atoms with Crippen molar-refractivity contribution in [2.45, 2.75) is 39.4 Å². The van der Waals surface area contributed by atoms with E-state index in [1.807, 2.05) is 13.8 Å². The third-order valence-electron chi connectivity index (χ3n) is 4.41. The van der Waals surface area contributed by atoms with E-state index < -0.39 is 0 Å². The maximum absolute atomic E-state index is 13.8. The van der Waals surface area contributed by atoms with Gasteiger partial charge in [-0.3, -0.25) is 14.3 Å². The zero-order valence-electron chi connectivity index (χ0n) is 14.3. The molecule has 132 valence electrons. The van der Waals surface area contributed by atoms with E-state index >= 15 is 0 Å². The van der Waals surface area contributed by atoms with Gasteiger partial charge >= 0.3 is 0 Å². The lowest BCUT2D eigenvalue weighted by Gasteiger charge is -2.27. The highest BCUT2D eigenvalue weighted by Gasteiger charge is 2.28. The molecule has 2 aromatic rings. The minimum atomic E-state index is -0.331. The fourth-order valence-corrected chi connectivity index (χ4v) is 2.73. The Morgan fingerprint density at radius 2 is 2.12 bits per heavy atom. The number of halogens is 1. The van der Waals surface area contributed by atoms with Crippen molar-refractivity contribution in [3.8, 4) is 0 Å². The molecule has 2 heterocycles. The van der Waals surface area contributed by atoms with Crippen molar-refractivity contribution in [1.29, 1.82) is 0 Å². The number of nitrogens with zero attached hydrogens (tertiary/aromatic N) is 3. The van der Waals surface area contributed by atoms with Gasteiger partial charge in [0.1, 0.15) is 11.5 Å². The standard InChI is InChI=1S/C18H21FN4O2/c1-3-12(2)20-17(24)15-10-16-18(25)22(8-9-23(16)21-15)11-13-6-4-5-7-14(13)19/h4-7,10,12H,3,8-9,11H2,1-2H3,(H,20,24). The Morgan fingerprint density at radius 3 is 2.84 bits per heavy atom. The minimum absolute atomic E-state index is 0.0412. The SMILES string of the molecule is CCC(C)NC(=O)c1cc2n(n1)CCN(Cc1ccccc1F)C2=O. The molecule has 0 bridgehead atoms. The molecule has 7 heteroatoms. The Labute approximate surface area is 145 Å². The molecule has 1 aromatic carbocycles. The monoisotopic (exact) mass is 344 g/mol. The van der Waals surface area contributed by atoms with Gasteiger partial charge in [-0.1, -0.05) is 25.1 Å². The number of rotatable bonds is 5. The number of nitrogens with one attached hydrogen (secondary N) is 1. The van der Waals surface area contributed by atoms with Gasteiger partial charge in [0, 0.05) is 30.8 Å². The van der Waals surface area contributed by atoms with Crippen molar-refractivity contribution < 1.29 is 14.0 Å². The molecule has 2 amide bonds. The van der Waals surface area contributed by atoms with Gasteiger partial charge in [0.05, 0.1) is 6.54 Å². The van der Waals surface area contributed by atoms with Gasteiger partial charge in [0.15, 0.2) is 5.69 Å². The van der Waals surface area contributed by atoms with Crippen LogP contribution in [0.1, 0.15) is 46.8 Å². The van der Waals surface area contributed by atoms with E-state index in [2.05, 4.69) is 10.4 Å². The molecule has 1 unspecified atom stereocenters. The molecule has 1 N–H and O–H groups in total. The average Bonchev–Trinajstić information content (AvgIpc) is 3.04. The second-order valence-corrected chi connectivity index (χ2v) is 6.24. The molecule has 1 aliphatic rings. The van der Waals surface area contributed by atoms with E-state index in [-0.39, 0.29) is 35.9 Å². The van der Waals surface area contributed by atoms with E-state index in [9.17, 15) is 14.0 Å². The van der Waals surface area contributed by atoms with Crippen LogP contribution in [0.3, 0.4) is 0 Å². The molecule has 25 heavy (non-hydrogen) atoms. The summed E-state index contributed by atoms with van der Waals surface area (Å²) >= 11 is 0. The largest absolute Gasteiger partial charge is 0.348 e. The molecule has 0 fully saturated rings. The van der Waals surface area contributed by atoms with E-state index in [1.54, 1.807) is 27.8 Å². The molecule has 0 radical (unpaired) electrons. The number of fused-ring (bicyclic) bond motifs is 1. The summed E-state index contributed by atoms with van der Waals surface area (Å²) in [5, 5.41) is 7.07. The minimum Gasteiger partial charge on any atom is -0.348 e. The predicted molar refractivity (Wildman–Crippen MR) is 90.6 cm³/mol. The lowest BCUT2D eigenvalue weighted by atomic mass is 10.1. The lowest BCUT2D eigenvalue weighted by Crippen LogP contribution is -2.40. The Bertz CT molecular complexity index is 802. The van der Waals surface area contributed by atoms with Gasteiger partial charge in [-0.05, 0) is 19.4 Å². The smallest absolute Gasteiger partial charge is 0.272 e. The Morgan fingerprint density at radius 1 is 1.36 bits per heavy atom. The van der Waals surface area contributed by atoms with Crippen LogP contribution in [0, 0.1) is 5.82 Å². The number of hydrogen-bond acceptors (Lipinski definition) is 3. The highest BCUT2D eigenvalue weighted by atomic mass is 19.1. The fourth-order valence-electron chi connectivity index (χ4n) is 2.73. The van der Waals surface area contributed by atoms with Crippen LogP contribution in [0.15, 0.2) is 30.3 Å². The Kier molecular flexibility index (Phi) is 4.83. The van der Waals surface area contributed by atoms with E-state index in [0.29, 0.717) is 24.3 Å². The summed E-state index contributed by atoms with van der Waals surface area (Å²) < 4.78 is 15.4. The summed E-state index contributed by atoms with van der Waals surface area (Å²) in [4.78, 5) is 26.4. The summed E-state index contributed by atoms with van der Waals surface area (Å²) in [6.45, 7) is 4.99. The maximum Gasteiger partial charge on any atom is 0.272 e. The highest BCUT2D eigenvalue weighted by Crippen LogP contribution is 2.18. The summed E-state index contributed by atoms with van der Waals surface area (Å²) in [5.74, 6) is -0.864. The molecule has 6 nitrogen and oxygen atoms in total. The number of aromatic nitrogens is 2. The van der Waals surface area contributed by atoms with Crippen molar-refractivity contribution in [2.24, 2.45) is 0 Å². The molecule has 3 rings (SSSR count). The predicted octanol–water partition coefficient (Wildman–Crippen LogP) is 2.21. The van der Waals surface area contributed by atoms with Crippen LogP contribution in [0.4, 0.5) is 4.39 Å². The maximum atomic E-state index is 13.8. The zero-order chi connectivity index (χ0) is 18.0. The van der Waals surface area contributed by atoms with Gasteiger partial charge in [-0.2, -0.15) is 5.10 Å². The first-order valence-corrected chi connectivity index (χ1v) is 8.41. The second-order valence-electron chi connectivity index (χ2n) is 6.24. The third kappa shape index (κ3) is 3.55. The quantitative estimate of drug-likeness (QED) is 0.904. The van der Waals surface area contributed by atoms with Crippen molar-refractivity contribution in [3.63, 3.8) is 0 Å². The normalized spacial score (nSPS) is 15.0. The first-order chi connectivity index (χ1) is 12.0. The summed E-state index contributed by atoms with van der Waals surface area (Å²) in [5.41, 5.74) is 1.06. The summed E-state index contributed by atoms with van der Waals surface area (Å²) in [7, 11) is 0. The van der Waals surface area contributed by atoms with Gasteiger partial charge in [0.25, 0.3) is 11.8 Å². The third-order valence-corrected chi connectivity index (χ3v) is 4.41. The van der Waals surface area contributed by atoms with Crippen molar-refractivity contribution in [1.82, 2.24) is 20.0 Å². The first-order valence-electron chi connectivity index (χ1n) is 8.41. The molecule has 1 aromatic heterocycles. The number of benzene rings is 1.